The molecule has 3 rings (SSSR count). The van der Waals surface area contributed by atoms with Crippen molar-refractivity contribution in [1.82, 2.24) is 5.16 Å². The molecule has 0 spiro atoms. The minimum absolute atomic E-state index is 0.532. The highest BCUT2D eigenvalue weighted by atomic mass is 16.5. The Morgan fingerprint density at radius 2 is 1.38 bits per heavy atom. The van der Waals surface area contributed by atoms with E-state index in [1.54, 1.807) is 28.4 Å². The van der Waals surface area contributed by atoms with E-state index >= 15 is 0 Å². The van der Waals surface area contributed by atoms with Crippen molar-refractivity contribution in [3.05, 3.63) is 42.0 Å². The first-order valence-corrected chi connectivity index (χ1v) is 8.03. The first kappa shape index (κ1) is 17.7. The lowest BCUT2D eigenvalue weighted by atomic mass is 10.1. The highest BCUT2D eigenvalue weighted by Crippen LogP contribution is 2.41. The largest absolute Gasteiger partial charge is 0.496 e. The second-order valence-corrected chi connectivity index (χ2v) is 5.67. The summed E-state index contributed by atoms with van der Waals surface area (Å²) in [6.45, 7) is 1.99. The number of hydrogen-bond donors (Lipinski definition) is 0. The van der Waals surface area contributed by atoms with E-state index in [1.807, 2.05) is 43.3 Å². The third-order valence-electron chi connectivity index (χ3n) is 4.15. The molecule has 6 heteroatoms. The molecule has 0 aliphatic heterocycles. The topological polar surface area (TPSA) is 63.0 Å². The van der Waals surface area contributed by atoms with E-state index in [0.29, 0.717) is 23.0 Å². The van der Waals surface area contributed by atoms with Gasteiger partial charge in [0.25, 0.3) is 0 Å². The molecule has 0 N–H and O–H groups in total. The maximum absolute atomic E-state index is 5.54. The number of ether oxygens (including phenoxy) is 4. The Kier molecular flexibility index (Phi) is 5.02. The first-order valence-electron chi connectivity index (χ1n) is 8.03. The van der Waals surface area contributed by atoms with Crippen molar-refractivity contribution in [2.24, 2.45) is 0 Å². The Labute approximate surface area is 152 Å². The van der Waals surface area contributed by atoms with Gasteiger partial charge in [-0.15, -0.1) is 0 Å². The molecule has 0 fully saturated rings. The van der Waals surface area contributed by atoms with Crippen molar-refractivity contribution < 1.29 is 23.5 Å². The fraction of sp³-hybridized carbons (Fsp3) is 0.250. The summed E-state index contributed by atoms with van der Waals surface area (Å²) in [4.78, 5) is 0. The third kappa shape index (κ3) is 3.18. The molecule has 0 saturated carbocycles. The zero-order valence-corrected chi connectivity index (χ0v) is 15.5. The van der Waals surface area contributed by atoms with Crippen LogP contribution in [-0.2, 0) is 0 Å². The van der Waals surface area contributed by atoms with Gasteiger partial charge in [0, 0.05) is 17.2 Å². The average Bonchev–Trinajstić information content (AvgIpc) is 3.16. The molecule has 2 aromatic carbocycles. The van der Waals surface area contributed by atoms with Crippen LogP contribution in [0.3, 0.4) is 0 Å². The Morgan fingerprint density at radius 1 is 0.731 bits per heavy atom. The van der Waals surface area contributed by atoms with Crippen LogP contribution in [0.25, 0.3) is 22.6 Å². The Balaban J connectivity index is 2.01. The van der Waals surface area contributed by atoms with Crippen molar-refractivity contribution in [2.75, 3.05) is 28.4 Å². The maximum Gasteiger partial charge on any atom is 0.203 e. The number of benzene rings is 2. The lowest BCUT2D eigenvalue weighted by Crippen LogP contribution is -1.95. The van der Waals surface area contributed by atoms with Crippen LogP contribution in [0.4, 0.5) is 0 Å². The number of nitrogens with zero attached hydrogens (tertiary/aromatic N) is 1. The van der Waals surface area contributed by atoms with Gasteiger partial charge in [0.05, 0.1) is 28.4 Å². The monoisotopic (exact) mass is 355 g/mol. The van der Waals surface area contributed by atoms with Crippen molar-refractivity contribution in [2.45, 2.75) is 6.92 Å². The van der Waals surface area contributed by atoms with Gasteiger partial charge in [0.1, 0.15) is 11.4 Å². The predicted molar refractivity (Wildman–Crippen MR) is 98.3 cm³/mol. The zero-order valence-electron chi connectivity index (χ0n) is 15.5. The molecule has 6 nitrogen and oxygen atoms in total. The van der Waals surface area contributed by atoms with Crippen molar-refractivity contribution >= 4 is 0 Å². The number of methoxy groups -OCH3 is 4. The molecular formula is C20H21NO5. The van der Waals surface area contributed by atoms with E-state index in [0.717, 1.165) is 28.1 Å². The quantitative estimate of drug-likeness (QED) is 0.655. The van der Waals surface area contributed by atoms with Gasteiger partial charge in [-0.1, -0.05) is 5.16 Å². The summed E-state index contributed by atoms with van der Waals surface area (Å²) in [5.74, 6) is 3.08. The number of hydrogen-bond acceptors (Lipinski definition) is 6. The lowest BCUT2D eigenvalue weighted by molar-refractivity contribution is 0.324. The molecule has 0 unspecified atom stereocenters. The summed E-state index contributed by atoms with van der Waals surface area (Å²) >= 11 is 0. The summed E-state index contributed by atoms with van der Waals surface area (Å²) in [6, 6.07) is 11.4. The molecule has 0 bridgehead atoms. The number of rotatable bonds is 6. The zero-order chi connectivity index (χ0) is 18.7. The van der Waals surface area contributed by atoms with Crippen molar-refractivity contribution in [3.8, 4) is 45.6 Å². The standard InChI is InChI=1S/C20H21NO5/c1-12-8-13(6-7-16(12)22-2)15-11-17(26-21-15)14-9-18(23-3)20(25-5)19(10-14)24-4/h6-11H,1-5H3. The molecule has 0 radical (unpaired) electrons. The molecule has 1 aromatic heterocycles. The molecule has 26 heavy (non-hydrogen) atoms. The van der Waals surface area contributed by atoms with Gasteiger partial charge in [-0.05, 0) is 42.8 Å². The van der Waals surface area contributed by atoms with Crippen LogP contribution in [-0.4, -0.2) is 33.6 Å². The van der Waals surface area contributed by atoms with Gasteiger partial charge in [-0.25, -0.2) is 0 Å². The first-order chi connectivity index (χ1) is 12.6. The van der Waals surface area contributed by atoms with E-state index < -0.39 is 0 Å². The predicted octanol–water partition coefficient (Wildman–Crippen LogP) is 4.35. The molecule has 0 amide bonds. The third-order valence-corrected chi connectivity index (χ3v) is 4.15. The molecular weight excluding hydrogens is 334 g/mol. The van der Waals surface area contributed by atoms with Gasteiger partial charge in [-0.2, -0.15) is 0 Å². The Morgan fingerprint density at radius 3 is 1.92 bits per heavy atom. The van der Waals surface area contributed by atoms with Crippen molar-refractivity contribution in [3.63, 3.8) is 0 Å². The van der Waals surface area contributed by atoms with Crippen LogP contribution in [0.5, 0.6) is 23.0 Å². The van der Waals surface area contributed by atoms with Crippen LogP contribution in [0, 0.1) is 6.92 Å². The second-order valence-electron chi connectivity index (χ2n) is 5.67. The van der Waals surface area contributed by atoms with Gasteiger partial charge in [0.15, 0.2) is 17.3 Å². The number of aromatic nitrogens is 1. The van der Waals surface area contributed by atoms with Gasteiger partial charge >= 0.3 is 0 Å². The highest BCUT2D eigenvalue weighted by Gasteiger charge is 2.17. The van der Waals surface area contributed by atoms with Crippen LogP contribution in [0.1, 0.15) is 5.56 Å². The normalized spacial score (nSPS) is 10.5. The van der Waals surface area contributed by atoms with Crippen molar-refractivity contribution in [1.29, 1.82) is 0 Å². The summed E-state index contributed by atoms with van der Waals surface area (Å²) in [6.07, 6.45) is 0. The van der Waals surface area contributed by atoms with Crippen LogP contribution < -0.4 is 18.9 Å². The molecule has 0 atom stereocenters. The van der Waals surface area contributed by atoms with E-state index in [4.69, 9.17) is 23.5 Å². The van der Waals surface area contributed by atoms with E-state index in [-0.39, 0.29) is 0 Å². The van der Waals surface area contributed by atoms with Gasteiger partial charge in [0.2, 0.25) is 5.75 Å². The van der Waals surface area contributed by atoms with Crippen LogP contribution >= 0.6 is 0 Å². The van der Waals surface area contributed by atoms with Crippen LogP contribution in [0.15, 0.2) is 40.9 Å². The summed E-state index contributed by atoms with van der Waals surface area (Å²) in [5.41, 5.74) is 3.50. The molecule has 136 valence electrons. The van der Waals surface area contributed by atoms with E-state index in [2.05, 4.69) is 5.16 Å². The lowest BCUT2D eigenvalue weighted by Gasteiger charge is -2.12. The number of aryl methyl sites for hydroxylation is 1. The van der Waals surface area contributed by atoms with E-state index in [9.17, 15) is 0 Å². The van der Waals surface area contributed by atoms with Crippen LogP contribution in [0.2, 0.25) is 0 Å². The smallest absolute Gasteiger partial charge is 0.203 e. The average molecular weight is 355 g/mol. The minimum atomic E-state index is 0.532. The summed E-state index contributed by atoms with van der Waals surface area (Å²) < 4.78 is 27.0. The molecule has 0 aliphatic carbocycles. The highest BCUT2D eigenvalue weighted by molar-refractivity contribution is 5.72. The maximum atomic E-state index is 5.54. The fourth-order valence-electron chi connectivity index (χ4n) is 2.81. The molecule has 1 heterocycles. The van der Waals surface area contributed by atoms with E-state index in [1.165, 1.54) is 0 Å². The molecule has 0 aliphatic rings. The fourth-order valence-corrected chi connectivity index (χ4v) is 2.81. The molecule has 3 aromatic rings. The van der Waals surface area contributed by atoms with Gasteiger partial charge in [-0.3, -0.25) is 0 Å². The summed E-state index contributed by atoms with van der Waals surface area (Å²) in [5, 5.41) is 4.18. The summed E-state index contributed by atoms with van der Waals surface area (Å²) in [7, 11) is 6.37. The SMILES string of the molecule is COc1ccc(-c2cc(-c3cc(OC)c(OC)c(OC)c3)on2)cc1C. The minimum Gasteiger partial charge on any atom is -0.496 e. The Bertz CT molecular complexity index is 891. The Hall–Kier alpha value is -3.15. The second kappa shape index (κ2) is 7.39. The molecule has 0 saturated heterocycles. The van der Waals surface area contributed by atoms with Gasteiger partial charge < -0.3 is 23.5 Å².